The van der Waals surface area contributed by atoms with Crippen LogP contribution in [0.4, 0.5) is 10.2 Å². The van der Waals surface area contributed by atoms with Crippen molar-refractivity contribution in [2.24, 2.45) is 0 Å². The maximum atomic E-state index is 12.6. The van der Waals surface area contributed by atoms with Gasteiger partial charge in [-0.25, -0.2) is 9.37 Å². The van der Waals surface area contributed by atoms with E-state index in [9.17, 15) is 4.39 Å². The quantitative estimate of drug-likeness (QED) is 0.465. The van der Waals surface area contributed by atoms with E-state index in [4.69, 9.17) is 5.73 Å². The number of hydrogen-bond donors (Lipinski definition) is 2. The Hall–Kier alpha value is -1.21. The number of anilines is 1. The van der Waals surface area contributed by atoms with Gasteiger partial charge in [-0.2, -0.15) is 12.6 Å². The zero-order chi connectivity index (χ0) is 8.97. The number of hydrogen-bond acceptors (Lipinski definition) is 3. The summed E-state index contributed by atoms with van der Waals surface area (Å²) in [6, 6.07) is 1.25. The van der Waals surface area contributed by atoms with E-state index in [1.54, 1.807) is 0 Å². The van der Waals surface area contributed by atoms with Crippen molar-refractivity contribution in [3.63, 3.8) is 0 Å². The van der Waals surface area contributed by atoms with Crippen LogP contribution in [0.5, 0.6) is 0 Å². The van der Waals surface area contributed by atoms with Gasteiger partial charge < -0.3 is 5.73 Å². The van der Waals surface area contributed by atoms with Crippen molar-refractivity contribution < 1.29 is 4.39 Å². The van der Waals surface area contributed by atoms with E-state index in [2.05, 4.69) is 29.5 Å². The first-order valence-corrected chi connectivity index (χ1v) is 3.88. The molecule has 0 saturated heterocycles. The van der Waals surface area contributed by atoms with Crippen LogP contribution in [0.25, 0.3) is 0 Å². The first-order valence-electron chi connectivity index (χ1n) is 3.25. The molecular formula is C8H7FN2S. The zero-order valence-electron chi connectivity index (χ0n) is 6.21. The van der Waals surface area contributed by atoms with Crippen molar-refractivity contribution in [2.75, 3.05) is 11.5 Å². The van der Waals surface area contributed by atoms with E-state index in [-0.39, 0.29) is 5.82 Å². The standard InChI is InChI=1S/C8H7FN2S/c9-7-4-6(2-1-3-12)8(10)11-5-7/h4-5,12H,3H2,(H2,10,11). The average molecular weight is 182 g/mol. The molecule has 0 fully saturated rings. The number of nitrogens with zero attached hydrogens (tertiary/aromatic N) is 1. The van der Waals surface area contributed by atoms with Crippen LogP contribution in [-0.2, 0) is 0 Å². The molecule has 0 aliphatic rings. The highest BCUT2D eigenvalue weighted by Gasteiger charge is 1.97. The first-order chi connectivity index (χ1) is 5.74. The van der Waals surface area contributed by atoms with Crippen molar-refractivity contribution in [3.05, 3.63) is 23.6 Å². The number of halogens is 1. The Morgan fingerprint density at radius 2 is 2.42 bits per heavy atom. The lowest BCUT2D eigenvalue weighted by atomic mass is 10.2. The molecule has 0 spiro atoms. The lowest BCUT2D eigenvalue weighted by Crippen LogP contribution is -1.95. The van der Waals surface area contributed by atoms with Crippen molar-refractivity contribution in [1.29, 1.82) is 0 Å². The molecule has 0 amide bonds. The summed E-state index contributed by atoms with van der Waals surface area (Å²) in [6.07, 6.45) is 1.06. The minimum atomic E-state index is -0.437. The molecule has 1 aromatic heterocycles. The largest absolute Gasteiger partial charge is 0.383 e. The van der Waals surface area contributed by atoms with E-state index in [0.29, 0.717) is 11.3 Å². The van der Waals surface area contributed by atoms with Gasteiger partial charge in [0.1, 0.15) is 11.6 Å². The summed E-state index contributed by atoms with van der Waals surface area (Å²) in [7, 11) is 0. The topological polar surface area (TPSA) is 38.9 Å². The number of aromatic nitrogens is 1. The van der Waals surface area contributed by atoms with Crippen LogP contribution in [0.2, 0.25) is 0 Å². The van der Waals surface area contributed by atoms with Crippen molar-refractivity contribution in [2.45, 2.75) is 0 Å². The van der Waals surface area contributed by atoms with Crippen molar-refractivity contribution >= 4 is 18.4 Å². The highest BCUT2D eigenvalue weighted by molar-refractivity contribution is 7.80. The Morgan fingerprint density at radius 1 is 1.67 bits per heavy atom. The number of nitrogen functional groups attached to an aromatic ring is 1. The van der Waals surface area contributed by atoms with Gasteiger partial charge in [0.25, 0.3) is 0 Å². The monoisotopic (exact) mass is 182 g/mol. The van der Waals surface area contributed by atoms with Crippen LogP contribution in [0.1, 0.15) is 5.56 Å². The number of thiol groups is 1. The third-order valence-corrected chi connectivity index (χ3v) is 1.35. The second-order valence-corrected chi connectivity index (χ2v) is 2.36. The molecule has 0 radical (unpaired) electrons. The molecule has 0 aliphatic carbocycles. The summed E-state index contributed by atoms with van der Waals surface area (Å²) in [6.45, 7) is 0. The molecule has 0 aliphatic heterocycles. The molecule has 0 aromatic carbocycles. The van der Waals surface area contributed by atoms with Gasteiger partial charge in [-0.05, 0) is 6.07 Å². The maximum Gasteiger partial charge on any atom is 0.142 e. The van der Waals surface area contributed by atoms with E-state index >= 15 is 0 Å². The molecule has 0 unspecified atom stereocenters. The van der Waals surface area contributed by atoms with Crippen LogP contribution in [0.3, 0.4) is 0 Å². The highest BCUT2D eigenvalue weighted by Crippen LogP contribution is 2.07. The summed E-state index contributed by atoms with van der Waals surface area (Å²) in [5.41, 5.74) is 5.83. The number of pyridine rings is 1. The maximum absolute atomic E-state index is 12.6. The predicted molar refractivity (Wildman–Crippen MR) is 49.3 cm³/mol. The zero-order valence-corrected chi connectivity index (χ0v) is 7.11. The molecule has 0 bridgehead atoms. The van der Waals surface area contributed by atoms with Gasteiger partial charge in [-0.1, -0.05) is 11.8 Å². The Bertz CT molecular complexity index is 341. The second kappa shape index (κ2) is 3.98. The molecule has 0 saturated carbocycles. The van der Waals surface area contributed by atoms with Crippen molar-refractivity contribution in [1.82, 2.24) is 4.98 Å². The predicted octanol–water partition coefficient (Wildman–Crippen LogP) is 1.08. The fourth-order valence-electron chi connectivity index (χ4n) is 0.685. The molecule has 1 heterocycles. The van der Waals surface area contributed by atoms with Gasteiger partial charge in [0.05, 0.1) is 17.5 Å². The Morgan fingerprint density at radius 3 is 3.08 bits per heavy atom. The molecule has 2 nitrogen and oxygen atoms in total. The van der Waals surface area contributed by atoms with Gasteiger partial charge in [-0.15, -0.1) is 0 Å². The van der Waals surface area contributed by atoms with Crippen LogP contribution in [0, 0.1) is 17.7 Å². The molecule has 1 aromatic rings. The third kappa shape index (κ3) is 2.14. The van der Waals surface area contributed by atoms with Crippen LogP contribution >= 0.6 is 12.6 Å². The number of rotatable bonds is 0. The summed E-state index contributed by atoms with van der Waals surface area (Å²) < 4.78 is 12.6. The van der Waals surface area contributed by atoms with E-state index < -0.39 is 5.82 Å². The van der Waals surface area contributed by atoms with Gasteiger partial charge in [0.15, 0.2) is 0 Å². The Balaban J connectivity index is 3.05. The molecule has 0 atom stereocenters. The van der Waals surface area contributed by atoms with Crippen molar-refractivity contribution in [3.8, 4) is 11.8 Å². The Labute approximate surface area is 75.4 Å². The molecule has 62 valence electrons. The molecule has 4 heteroatoms. The molecule has 1 rings (SSSR count). The minimum absolute atomic E-state index is 0.241. The second-order valence-electron chi connectivity index (χ2n) is 2.05. The van der Waals surface area contributed by atoms with Gasteiger partial charge in [0, 0.05) is 0 Å². The van der Waals surface area contributed by atoms with Gasteiger partial charge >= 0.3 is 0 Å². The van der Waals surface area contributed by atoms with Crippen LogP contribution in [-0.4, -0.2) is 10.7 Å². The van der Waals surface area contributed by atoms with Crippen LogP contribution < -0.4 is 5.73 Å². The average Bonchev–Trinajstić information content (AvgIpc) is 2.07. The van der Waals surface area contributed by atoms with E-state index in [0.717, 1.165) is 6.20 Å². The lowest BCUT2D eigenvalue weighted by molar-refractivity contribution is 0.621. The van der Waals surface area contributed by atoms with Gasteiger partial charge in [-0.3, -0.25) is 0 Å². The van der Waals surface area contributed by atoms with E-state index in [1.165, 1.54) is 6.07 Å². The highest BCUT2D eigenvalue weighted by atomic mass is 32.1. The summed E-state index contributed by atoms with van der Waals surface area (Å²) >= 11 is 3.88. The fourth-order valence-corrected chi connectivity index (χ4v) is 0.764. The molecule has 2 N–H and O–H groups in total. The summed E-state index contributed by atoms with van der Waals surface area (Å²) in [4.78, 5) is 3.61. The first kappa shape index (κ1) is 8.88. The normalized spacial score (nSPS) is 8.83. The van der Waals surface area contributed by atoms with Crippen LogP contribution in [0.15, 0.2) is 12.3 Å². The fraction of sp³-hybridized carbons (Fsp3) is 0.125. The molecule has 12 heavy (non-hydrogen) atoms. The summed E-state index contributed by atoms with van der Waals surface area (Å²) in [5, 5.41) is 0. The minimum Gasteiger partial charge on any atom is -0.383 e. The molecular weight excluding hydrogens is 175 g/mol. The third-order valence-electron chi connectivity index (χ3n) is 1.19. The lowest BCUT2D eigenvalue weighted by Gasteiger charge is -1.95. The van der Waals surface area contributed by atoms with Gasteiger partial charge in [0.2, 0.25) is 0 Å². The summed E-state index contributed by atoms with van der Waals surface area (Å²) in [5.74, 6) is 5.53. The smallest absolute Gasteiger partial charge is 0.142 e. The van der Waals surface area contributed by atoms with E-state index in [1.807, 2.05) is 0 Å². The number of nitrogens with two attached hydrogens (primary N) is 1. The SMILES string of the molecule is Nc1ncc(F)cc1C#CCS. The Kier molecular flexibility index (Phi) is 2.94.